The number of guanidine groups is 1. The maximum atomic E-state index is 5.34. The van der Waals surface area contributed by atoms with Crippen molar-refractivity contribution in [2.75, 3.05) is 33.4 Å². The van der Waals surface area contributed by atoms with Gasteiger partial charge in [-0.3, -0.25) is 4.99 Å². The van der Waals surface area contributed by atoms with Gasteiger partial charge < -0.3 is 15.4 Å². The lowest BCUT2D eigenvalue weighted by atomic mass is 9.96. The minimum Gasteiger partial charge on any atom is -0.382 e. The summed E-state index contributed by atoms with van der Waals surface area (Å²) in [6.07, 6.45) is 3.46. The van der Waals surface area contributed by atoms with E-state index in [0.29, 0.717) is 0 Å². The molecule has 23 heavy (non-hydrogen) atoms. The van der Waals surface area contributed by atoms with E-state index in [0.717, 1.165) is 43.2 Å². The van der Waals surface area contributed by atoms with Gasteiger partial charge in [-0.05, 0) is 43.9 Å². The topological polar surface area (TPSA) is 45.6 Å². The number of nitrogens with zero attached hydrogens (tertiary/aromatic N) is 1. The van der Waals surface area contributed by atoms with Crippen molar-refractivity contribution >= 4 is 45.9 Å². The van der Waals surface area contributed by atoms with Crippen LogP contribution >= 0.6 is 39.9 Å². The van der Waals surface area contributed by atoms with Crippen molar-refractivity contribution in [1.82, 2.24) is 10.6 Å². The zero-order valence-corrected chi connectivity index (χ0v) is 17.8. The van der Waals surface area contributed by atoms with Gasteiger partial charge in [0.25, 0.3) is 0 Å². The van der Waals surface area contributed by atoms with Crippen molar-refractivity contribution in [3.63, 3.8) is 0 Å². The molecule has 0 spiro atoms. The molecule has 1 aliphatic carbocycles. The first kappa shape index (κ1) is 20.7. The number of halogens is 2. The fourth-order valence-corrected chi connectivity index (χ4v) is 2.93. The van der Waals surface area contributed by atoms with Gasteiger partial charge in [0, 0.05) is 43.2 Å². The minimum absolute atomic E-state index is 0. The zero-order chi connectivity index (χ0) is 15.8. The number of hydrogen-bond donors (Lipinski definition) is 2. The number of aliphatic imine (C=N–C) groups is 1. The van der Waals surface area contributed by atoms with E-state index in [1.54, 1.807) is 0 Å². The van der Waals surface area contributed by atoms with Crippen LogP contribution in [-0.4, -0.2) is 39.3 Å². The normalized spacial score (nSPS) is 15.7. The van der Waals surface area contributed by atoms with Crippen molar-refractivity contribution in [2.45, 2.75) is 31.6 Å². The fraction of sp³-hybridized carbons (Fsp3) is 0.588. The van der Waals surface area contributed by atoms with Gasteiger partial charge in [0.1, 0.15) is 0 Å². The molecule has 0 aromatic heterocycles. The lowest BCUT2D eigenvalue weighted by Crippen LogP contribution is -2.41. The predicted molar refractivity (Wildman–Crippen MR) is 111 cm³/mol. The number of nitrogens with one attached hydrogen (secondary N) is 2. The van der Waals surface area contributed by atoms with Crippen molar-refractivity contribution in [3.8, 4) is 0 Å². The monoisotopic (exact) mass is 495 g/mol. The lowest BCUT2D eigenvalue weighted by Gasteiger charge is -2.19. The second kappa shape index (κ2) is 10.5. The zero-order valence-electron chi connectivity index (χ0n) is 13.9. The molecular weight excluding hydrogens is 469 g/mol. The highest BCUT2D eigenvalue weighted by molar-refractivity contribution is 14.0. The summed E-state index contributed by atoms with van der Waals surface area (Å²) < 4.78 is 6.49. The van der Waals surface area contributed by atoms with E-state index in [-0.39, 0.29) is 29.4 Å². The molecule has 2 N–H and O–H groups in total. The molecule has 0 aliphatic heterocycles. The highest BCUT2D eigenvalue weighted by atomic mass is 127. The summed E-state index contributed by atoms with van der Waals surface area (Å²) in [6, 6.07) is 8.64. The Bertz CT molecular complexity index is 506. The first-order chi connectivity index (χ1) is 10.7. The number of ether oxygens (including phenoxy) is 1. The third-order valence-corrected chi connectivity index (χ3v) is 4.56. The van der Waals surface area contributed by atoms with Crippen LogP contribution in [0.4, 0.5) is 0 Å². The summed E-state index contributed by atoms with van der Waals surface area (Å²) in [5, 5.41) is 6.80. The van der Waals surface area contributed by atoms with Gasteiger partial charge in [-0.1, -0.05) is 28.1 Å². The molecule has 0 saturated heterocycles. The van der Waals surface area contributed by atoms with Gasteiger partial charge in [0.2, 0.25) is 0 Å². The van der Waals surface area contributed by atoms with Crippen LogP contribution in [0, 0.1) is 0 Å². The third-order valence-electron chi connectivity index (χ3n) is 4.07. The minimum atomic E-state index is 0. The second-order valence-electron chi connectivity index (χ2n) is 5.69. The van der Waals surface area contributed by atoms with E-state index in [4.69, 9.17) is 4.74 Å². The van der Waals surface area contributed by atoms with E-state index in [1.807, 2.05) is 14.0 Å². The molecular formula is C17H27BrIN3O. The Morgan fingerprint density at radius 2 is 2.13 bits per heavy atom. The smallest absolute Gasteiger partial charge is 0.191 e. The highest BCUT2D eigenvalue weighted by Crippen LogP contribution is 2.48. The summed E-state index contributed by atoms with van der Waals surface area (Å²) in [5.74, 6) is 0.873. The van der Waals surface area contributed by atoms with E-state index < -0.39 is 0 Å². The Labute approximate surface area is 165 Å². The molecule has 0 heterocycles. The quantitative estimate of drug-likeness (QED) is 0.250. The Balaban J connectivity index is 0.00000264. The lowest BCUT2D eigenvalue weighted by molar-refractivity contribution is 0.145. The van der Waals surface area contributed by atoms with Crippen LogP contribution in [0.1, 0.15) is 31.7 Å². The van der Waals surface area contributed by atoms with Gasteiger partial charge in [-0.25, -0.2) is 0 Å². The number of benzene rings is 1. The van der Waals surface area contributed by atoms with Gasteiger partial charge in [-0.2, -0.15) is 0 Å². The van der Waals surface area contributed by atoms with Crippen molar-refractivity contribution < 1.29 is 4.74 Å². The fourth-order valence-electron chi connectivity index (χ4n) is 2.54. The molecule has 1 aliphatic rings. The maximum absolute atomic E-state index is 5.34. The molecule has 0 bridgehead atoms. The van der Waals surface area contributed by atoms with Crippen LogP contribution in [-0.2, 0) is 10.2 Å². The average Bonchev–Trinajstić information content (AvgIpc) is 3.31. The summed E-state index contributed by atoms with van der Waals surface area (Å²) >= 11 is 3.56. The first-order valence-electron chi connectivity index (χ1n) is 7.98. The van der Waals surface area contributed by atoms with Crippen molar-refractivity contribution in [3.05, 3.63) is 34.3 Å². The molecule has 0 radical (unpaired) electrons. The number of rotatable bonds is 8. The molecule has 1 saturated carbocycles. The summed E-state index contributed by atoms with van der Waals surface area (Å²) in [7, 11) is 1.82. The van der Waals surface area contributed by atoms with Gasteiger partial charge in [0.05, 0.1) is 0 Å². The third kappa shape index (κ3) is 6.58. The highest BCUT2D eigenvalue weighted by Gasteiger charge is 2.44. The number of hydrogen-bond acceptors (Lipinski definition) is 2. The van der Waals surface area contributed by atoms with Crippen LogP contribution in [0.3, 0.4) is 0 Å². The SMILES string of the molecule is CCOCCCNC(=NC)NCC1(c2cccc(Br)c2)CC1.I. The second-order valence-corrected chi connectivity index (χ2v) is 6.61. The molecule has 0 unspecified atom stereocenters. The molecule has 1 aromatic carbocycles. The van der Waals surface area contributed by atoms with Gasteiger partial charge >= 0.3 is 0 Å². The summed E-state index contributed by atoms with van der Waals surface area (Å²) in [4.78, 5) is 4.29. The molecule has 1 fully saturated rings. The molecule has 1 aromatic rings. The molecule has 0 atom stereocenters. The standard InChI is InChI=1S/C17H26BrN3O.HI/c1-3-22-11-5-10-20-16(19-2)21-13-17(8-9-17)14-6-4-7-15(18)12-14;/h4,6-7,12H,3,5,8-11,13H2,1-2H3,(H2,19,20,21);1H. The molecule has 130 valence electrons. The largest absolute Gasteiger partial charge is 0.382 e. The van der Waals surface area contributed by atoms with E-state index in [9.17, 15) is 0 Å². The summed E-state index contributed by atoms with van der Waals surface area (Å²) in [6.45, 7) is 5.40. The van der Waals surface area contributed by atoms with E-state index in [1.165, 1.54) is 18.4 Å². The predicted octanol–water partition coefficient (Wildman–Crippen LogP) is 3.69. The van der Waals surface area contributed by atoms with Crippen LogP contribution in [0.25, 0.3) is 0 Å². The Morgan fingerprint density at radius 3 is 2.74 bits per heavy atom. The molecule has 2 rings (SSSR count). The Hall–Kier alpha value is -0.340. The van der Waals surface area contributed by atoms with Crippen LogP contribution in [0.15, 0.2) is 33.7 Å². The van der Waals surface area contributed by atoms with Crippen LogP contribution in [0.5, 0.6) is 0 Å². The van der Waals surface area contributed by atoms with Crippen molar-refractivity contribution in [1.29, 1.82) is 0 Å². The van der Waals surface area contributed by atoms with E-state index >= 15 is 0 Å². The van der Waals surface area contributed by atoms with Gasteiger partial charge in [-0.15, -0.1) is 24.0 Å². The van der Waals surface area contributed by atoms with Gasteiger partial charge in [0.15, 0.2) is 5.96 Å². The van der Waals surface area contributed by atoms with Crippen molar-refractivity contribution in [2.24, 2.45) is 4.99 Å². The van der Waals surface area contributed by atoms with Crippen LogP contribution < -0.4 is 10.6 Å². The molecule has 0 amide bonds. The first-order valence-corrected chi connectivity index (χ1v) is 8.78. The molecule has 6 heteroatoms. The van der Waals surface area contributed by atoms with E-state index in [2.05, 4.69) is 55.8 Å². The maximum Gasteiger partial charge on any atom is 0.191 e. The van der Waals surface area contributed by atoms with Crippen LogP contribution in [0.2, 0.25) is 0 Å². The Kier molecular flexibility index (Phi) is 9.46. The summed E-state index contributed by atoms with van der Waals surface area (Å²) in [5.41, 5.74) is 1.67. The Morgan fingerprint density at radius 1 is 1.35 bits per heavy atom. The molecule has 4 nitrogen and oxygen atoms in total. The average molecular weight is 496 g/mol.